The number of aromatic nitrogens is 2. The number of ether oxygens (including phenoxy) is 2. The van der Waals surface area contributed by atoms with Crippen molar-refractivity contribution in [3.8, 4) is 11.5 Å². The van der Waals surface area contributed by atoms with Gasteiger partial charge in [-0.25, -0.2) is 9.78 Å². The Labute approximate surface area is 205 Å². The van der Waals surface area contributed by atoms with Crippen molar-refractivity contribution in [3.63, 3.8) is 0 Å². The number of piperidine rings is 1. The van der Waals surface area contributed by atoms with Gasteiger partial charge in [0.2, 0.25) is 0 Å². The topological polar surface area (TPSA) is 97.7 Å². The maximum absolute atomic E-state index is 13.3. The van der Waals surface area contributed by atoms with E-state index in [9.17, 15) is 9.59 Å². The van der Waals surface area contributed by atoms with E-state index in [2.05, 4.69) is 24.5 Å². The van der Waals surface area contributed by atoms with Gasteiger partial charge in [0.05, 0.1) is 25.3 Å². The highest BCUT2D eigenvalue weighted by Gasteiger charge is 2.25. The standard InChI is InChI=1S/C26H33N5O4/c1-17(2)16-31-21-8-6-5-7-20(21)29-24(25(31)32)30-13-11-18(12-14-30)27-26(33)28-19-9-10-22(34-3)23(15-19)35-4/h5-10,15,17-18H,11-14,16H2,1-4H3,(H2,27,28,33). The minimum Gasteiger partial charge on any atom is -0.493 e. The van der Waals surface area contributed by atoms with E-state index >= 15 is 0 Å². The lowest BCUT2D eigenvalue weighted by molar-refractivity contribution is 0.246. The second kappa shape index (κ2) is 10.7. The van der Waals surface area contributed by atoms with Crippen LogP contribution in [0.15, 0.2) is 47.3 Å². The van der Waals surface area contributed by atoms with Gasteiger partial charge in [0, 0.05) is 37.4 Å². The van der Waals surface area contributed by atoms with Crippen molar-refractivity contribution in [2.24, 2.45) is 5.92 Å². The van der Waals surface area contributed by atoms with Gasteiger partial charge in [0.1, 0.15) is 0 Å². The van der Waals surface area contributed by atoms with Crippen LogP contribution in [0.1, 0.15) is 26.7 Å². The van der Waals surface area contributed by atoms with Gasteiger partial charge in [0.25, 0.3) is 5.56 Å². The highest BCUT2D eigenvalue weighted by atomic mass is 16.5. The Morgan fingerprint density at radius 1 is 1.09 bits per heavy atom. The zero-order chi connectivity index (χ0) is 24.9. The molecule has 1 aliphatic heterocycles. The second-order valence-corrected chi connectivity index (χ2v) is 9.16. The molecule has 35 heavy (non-hydrogen) atoms. The van der Waals surface area contributed by atoms with Gasteiger partial charge in [-0.05, 0) is 43.0 Å². The van der Waals surface area contributed by atoms with Crippen molar-refractivity contribution >= 4 is 28.6 Å². The SMILES string of the molecule is COc1ccc(NC(=O)NC2CCN(c3nc4ccccc4n(CC(C)C)c3=O)CC2)cc1OC. The van der Waals surface area contributed by atoms with E-state index in [0.29, 0.717) is 48.6 Å². The Kier molecular flexibility index (Phi) is 7.43. The predicted molar refractivity (Wildman–Crippen MR) is 138 cm³/mol. The molecule has 0 saturated carbocycles. The number of fused-ring (bicyclic) bond motifs is 1. The lowest BCUT2D eigenvalue weighted by Crippen LogP contribution is -2.47. The molecule has 1 aromatic heterocycles. The first kappa shape index (κ1) is 24.4. The fourth-order valence-corrected chi connectivity index (χ4v) is 4.43. The van der Waals surface area contributed by atoms with E-state index in [0.717, 1.165) is 23.9 Å². The fourth-order valence-electron chi connectivity index (χ4n) is 4.43. The highest BCUT2D eigenvalue weighted by Crippen LogP contribution is 2.29. The van der Waals surface area contributed by atoms with Crippen LogP contribution in [0, 0.1) is 5.92 Å². The monoisotopic (exact) mass is 479 g/mol. The molecule has 0 aliphatic carbocycles. The summed E-state index contributed by atoms with van der Waals surface area (Å²) in [6, 6.07) is 12.7. The summed E-state index contributed by atoms with van der Waals surface area (Å²) in [6.07, 6.45) is 1.44. The number of carbonyl (C=O) groups is 1. The molecule has 2 heterocycles. The highest BCUT2D eigenvalue weighted by molar-refractivity contribution is 5.89. The number of para-hydroxylation sites is 2. The Morgan fingerprint density at radius 3 is 2.49 bits per heavy atom. The summed E-state index contributed by atoms with van der Waals surface area (Å²) in [5.74, 6) is 1.97. The molecule has 0 bridgehead atoms. The maximum atomic E-state index is 13.3. The minimum absolute atomic E-state index is 0.00439. The predicted octanol–water partition coefficient (Wildman–Crippen LogP) is 3.86. The smallest absolute Gasteiger partial charge is 0.319 e. The first-order chi connectivity index (χ1) is 16.9. The molecule has 0 spiro atoms. The van der Waals surface area contributed by atoms with Crippen LogP contribution in [-0.4, -0.2) is 48.9 Å². The fraction of sp³-hybridized carbons (Fsp3) is 0.423. The average Bonchev–Trinajstić information content (AvgIpc) is 2.85. The van der Waals surface area contributed by atoms with Crippen LogP contribution in [0.2, 0.25) is 0 Å². The number of benzene rings is 2. The Hall–Kier alpha value is -3.75. The average molecular weight is 480 g/mol. The number of nitrogens with one attached hydrogen (secondary N) is 2. The molecule has 2 aromatic carbocycles. The number of hydrogen-bond acceptors (Lipinski definition) is 6. The van der Waals surface area contributed by atoms with Crippen LogP contribution in [0.5, 0.6) is 11.5 Å². The van der Waals surface area contributed by atoms with Crippen molar-refractivity contribution in [3.05, 3.63) is 52.8 Å². The van der Waals surface area contributed by atoms with Crippen molar-refractivity contribution < 1.29 is 14.3 Å². The molecular weight excluding hydrogens is 446 g/mol. The molecule has 0 unspecified atom stereocenters. The molecule has 3 aromatic rings. The second-order valence-electron chi connectivity index (χ2n) is 9.16. The lowest BCUT2D eigenvalue weighted by Gasteiger charge is -2.33. The summed E-state index contributed by atoms with van der Waals surface area (Å²) in [6.45, 7) is 6.13. The number of amides is 2. The summed E-state index contributed by atoms with van der Waals surface area (Å²) in [7, 11) is 3.12. The molecule has 1 fully saturated rings. The maximum Gasteiger partial charge on any atom is 0.319 e. The minimum atomic E-state index is -0.279. The number of urea groups is 1. The van der Waals surface area contributed by atoms with Gasteiger partial charge in [-0.2, -0.15) is 0 Å². The zero-order valence-electron chi connectivity index (χ0n) is 20.7. The number of anilines is 2. The lowest BCUT2D eigenvalue weighted by atomic mass is 10.1. The Bertz CT molecular complexity index is 1250. The first-order valence-corrected chi connectivity index (χ1v) is 11.9. The van der Waals surface area contributed by atoms with E-state index in [4.69, 9.17) is 14.5 Å². The molecular formula is C26H33N5O4. The van der Waals surface area contributed by atoms with E-state index in [1.54, 1.807) is 32.4 Å². The summed E-state index contributed by atoms with van der Waals surface area (Å²) < 4.78 is 12.4. The molecule has 9 nitrogen and oxygen atoms in total. The van der Waals surface area contributed by atoms with Crippen molar-refractivity contribution in [1.82, 2.24) is 14.9 Å². The third-order valence-corrected chi connectivity index (χ3v) is 6.15. The Balaban J connectivity index is 1.41. The van der Waals surface area contributed by atoms with Gasteiger partial charge in [-0.1, -0.05) is 26.0 Å². The molecule has 1 aliphatic rings. The summed E-state index contributed by atoms with van der Waals surface area (Å²) in [5.41, 5.74) is 2.23. The van der Waals surface area contributed by atoms with Gasteiger partial charge >= 0.3 is 6.03 Å². The summed E-state index contributed by atoms with van der Waals surface area (Å²) in [5, 5.41) is 5.88. The van der Waals surface area contributed by atoms with E-state index in [1.807, 2.05) is 33.7 Å². The van der Waals surface area contributed by atoms with E-state index in [-0.39, 0.29) is 17.6 Å². The quantitative estimate of drug-likeness (QED) is 0.534. The molecule has 9 heteroatoms. The molecule has 0 atom stereocenters. The van der Waals surface area contributed by atoms with Crippen LogP contribution in [0.3, 0.4) is 0 Å². The third kappa shape index (κ3) is 5.50. The third-order valence-electron chi connectivity index (χ3n) is 6.15. The molecule has 2 amide bonds. The summed E-state index contributed by atoms with van der Waals surface area (Å²) in [4.78, 5) is 32.6. The van der Waals surface area contributed by atoms with Crippen LogP contribution in [0.25, 0.3) is 11.0 Å². The number of nitrogens with zero attached hydrogens (tertiary/aromatic N) is 3. The van der Waals surface area contributed by atoms with Crippen LogP contribution in [0.4, 0.5) is 16.3 Å². The largest absolute Gasteiger partial charge is 0.493 e. The van der Waals surface area contributed by atoms with Crippen LogP contribution >= 0.6 is 0 Å². The van der Waals surface area contributed by atoms with Crippen LogP contribution in [-0.2, 0) is 6.54 Å². The molecule has 1 saturated heterocycles. The zero-order valence-corrected chi connectivity index (χ0v) is 20.7. The van der Waals surface area contributed by atoms with Crippen molar-refractivity contribution in [2.45, 2.75) is 39.3 Å². The van der Waals surface area contributed by atoms with Gasteiger partial charge < -0.3 is 29.6 Å². The number of hydrogen-bond donors (Lipinski definition) is 2. The van der Waals surface area contributed by atoms with Gasteiger partial charge in [0.15, 0.2) is 17.3 Å². The van der Waals surface area contributed by atoms with Crippen LogP contribution < -0.4 is 30.6 Å². The van der Waals surface area contributed by atoms with Crippen molar-refractivity contribution in [2.75, 3.05) is 37.5 Å². The number of carbonyl (C=O) groups excluding carboxylic acids is 1. The first-order valence-electron chi connectivity index (χ1n) is 11.9. The Morgan fingerprint density at radius 2 is 1.80 bits per heavy atom. The van der Waals surface area contributed by atoms with Crippen molar-refractivity contribution in [1.29, 1.82) is 0 Å². The number of rotatable bonds is 7. The molecule has 186 valence electrons. The normalized spacial score (nSPS) is 14.3. The summed E-state index contributed by atoms with van der Waals surface area (Å²) >= 11 is 0. The van der Waals surface area contributed by atoms with Gasteiger partial charge in [-0.15, -0.1) is 0 Å². The number of methoxy groups -OCH3 is 2. The molecule has 2 N–H and O–H groups in total. The van der Waals surface area contributed by atoms with E-state index < -0.39 is 0 Å². The molecule has 0 radical (unpaired) electrons. The van der Waals surface area contributed by atoms with E-state index in [1.165, 1.54) is 0 Å². The molecule has 4 rings (SSSR count). The van der Waals surface area contributed by atoms with Gasteiger partial charge in [-0.3, -0.25) is 4.79 Å².